The zero-order chi connectivity index (χ0) is 25.7. The van der Waals surface area contributed by atoms with Crippen molar-refractivity contribution in [2.45, 2.75) is 25.1 Å². The highest BCUT2D eigenvalue weighted by Crippen LogP contribution is 2.29. The first-order chi connectivity index (χ1) is 17.7. The Morgan fingerprint density at radius 2 is 1.78 bits per heavy atom. The molecule has 0 bridgehead atoms. The number of halogens is 3. The standard InChI is InChI=1S/C23H22F3N9O2/c24-23(25,26)14-1-4-17(27-12-14)33-5-7-34(8-6-33)18-10-19(29-15-2-3-15)35-20(31-18)13(11-28-35)9-16-21(36)32-22(37)30-16/h1,4,9-12,15,36H,2-3,5-8H2,(H2,30,32,37)/b13-9+,29-19?. The van der Waals surface area contributed by atoms with Gasteiger partial charge in [0.2, 0.25) is 5.88 Å². The van der Waals surface area contributed by atoms with Gasteiger partial charge in [-0.2, -0.15) is 22.8 Å². The van der Waals surface area contributed by atoms with E-state index in [1.807, 2.05) is 11.0 Å². The van der Waals surface area contributed by atoms with Gasteiger partial charge in [0.15, 0.2) is 11.1 Å². The normalized spacial score (nSPS) is 17.8. The van der Waals surface area contributed by atoms with Crippen molar-refractivity contribution in [3.05, 3.63) is 63.0 Å². The van der Waals surface area contributed by atoms with E-state index in [4.69, 9.17) is 9.98 Å². The zero-order valence-electron chi connectivity index (χ0n) is 19.4. The van der Waals surface area contributed by atoms with Crippen molar-refractivity contribution >= 4 is 23.4 Å². The van der Waals surface area contributed by atoms with Gasteiger partial charge in [-0.15, -0.1) is 0 Å². The number of nitrogens with one attached hydrogen (secondary N) is 2. The van der Waals surface area contributed by atoms with Crippen molar-refractivity contribution in [1.82, 2.24) is 29.5 Å². The Balaban J connectivity index is 1.31. The predicted octanol–water partition coefficient (Wildman–Crippen LogP) is 0.803. The number of hydrogen-bond acceptors (Lipinski definition) is 8. The molecule has 37 heavy (non-hydrogen) atoms. The molecule has 6 rings (SSSR count). The van der Waals surface area contributed by atoms with Crippen LogP contribution in [-0.4, -0.2) is 66.9 Å². The summed E-state index contributed by atoms with van der Waals surface area (Å²) in [4.78, 5) is 33.9. The summed E-state index contributed by atoms with van der Waals surface area (Å²) in [6.07, 6.45) is 1.64. The molecule has 1 saturated heterocycles. The number of pyridine rings is 1. The zero-order valence-corrected chi connectivity index (χ0v) is 19.4. The summed E-state index contributed by atoms with van der Waals surface area (Å²) < 4.78 is 40.2. The van der Waals surface area contributed by atoms with Crippen molar-refractivity contribution in [1.29, 1.82) is 0 Å². The van der Waals surface area contributed by atoms with Gasteiger partial charge in [0.25, 0.3) is 0 Å². The largest absolute Gasteiger partial charge is 0.493 e. The minimum Gasteiger partial charge on any atom is -0.493 e. The second-order valence-electron chi connectivity index (χ2n) is 9.03. The van der Waals surface area contributed by atoms with Crippen LogP contribution in [0, 0.1) is 0 Å². The Morgan fingerprint density at radius 1 is 1.05 bits per heavy atom. The maximum atomic E-state index is 12.9. The lowest BCUT2D eigenvalue weighted by Gasteiger charge is -2.36. The Kier molecular flexibility index (Phi) is 5.38. The lowest BCUT2D eigenvalue weighted by atomic mass is 10.2. The summed E-state index contributed by atoms with van der Waals surface area (Å²) >= 11 is 0. The highest BCUT2D eigenvalue weighted by atomic mass is 19.4. The second kappa shape index (κ2) is 8.64. The van der Waals surface area contributed by atoms with Gasteiger partial charge in [0.1, 0.15) is 17.3 Å². The van der Waals surface area contributed by atoms with Gasteiger partial charge in [-0.3, -0.25) is 9.98 Å². The molecule has 0 spiro atoms. The van der Waals surface area contributed by atoms with Crippen molar-refractivity contribution in [3.63, 3.8) is 0 Å². The van der Waals surface area contributed by atoms with E-state index in [0.717, 1.165) is 25.1 Å². The average Bonchev–Trinajstić information content (AvgIpc) is 3.51. The van der Waals surface area contributed by atoms with Gasteiger partial charge >= 0.3 is 11.9 Å². The van der Waals surface area contributed by atoms with E-state index in [0.29, 0.717) is 54.2 Å². The highest BCUT2D eigenvalue weighted by molar-refractivity contribution is 5.58. The third kappa shape index (κ3) is 4.61. The van der Waals surface area contributed by atoms with Crippen molar-refractivity contribution in [2.24, 2.45) is 4.99 Å². The van der Waals surface area contributed by atoms with Crippen LogP contribution in [0.4, 0.5) is 24.8 Å². The third-order valence-electron chi connectivity index (χ3n) is 6.37. The molecule has 4 aromatic heterocycles. The first-order valence-corrected chi connectivity index (χ1v) is 11.7. The molecule has 0 unspecified atom stereocenters. The van der Waals surface area contributed by atoms with Crippen molar-refractivity contribution in [2.75, 3.05) is 36.0 Å². The number of rotatable bonds is 4. The van der Waals surface area contributed by atoms with Gasteiger partial charge in [-0.05, 0) is 31.1 Å². The van der Waals surface area contributed by atoms with E-state index in [9.17, 15) is 23.1 Å². The predicted molar refractivity (Wildman–Crippen MR) is 127 cm³/mol. The molecule has 11 nitrogen and oxygen atoms in total. The fourth-order valence-electron chi connectivity index (χ4n) is 4.25. The van der Waals surface area contributed by atoms with Gasteiger partial charge in [-0.1, -0.05) is 0 Å². The average molecular weight is 513 g/mol. The van der Waals surface area contributed by atoms with Crippen LogP contribution in [0.1, 0.15) is 24.1 Å². The molecule has 1 saturated carbocycles. The number of anilines is 2. The Hall–Kier alpha value is -4.36. The molecule has 0 radical (unpaired) electrons. The summed E-state index contributed by atoms with van der Waals surface area (Å²) in [5, 5.41) is 15.0. The quantitative estimate of drug-likeness (QED) is 0.368. The molecule has 5 heterocycles. The number of aromatic nitrogens is 6. The van der Waals surface area contributed by atoms with Gasteiger partial charge < -0.3 is 19.9 Å². The van der Waals surface area contributed by atoms with Crippen LogP contribution in [0.25, 0.3) is 11.7 Å². The lowest BCUT2D eigenvalue weighted by molar-refractivity contribution is -0.137. The molecular formula is C23H22F3N9O2. The maximum absolute atomic E-state index is 12.9. The SMILES string of the molecule is O=c1[nH]c(O)c(/C=c2\cnn3c(=NC4CC4)cc(N4CCN(c5ccc(C(F)(F)F)cn5)CC4)nc23)[nH]1. The molecule has 3 N–H and O–H groups in total. The Labute approximate surface area is 206 Å². The summed E-state index contributed by atoms with van der Waals surface area (Å²) in [5.74, 6) is 0.902. The summed E-state index contributed by atoms with van der Waals surface area (Å²) in [5.41, 5.74) is 0.0832. The number of aromatic hydroxyl groups is 1. The Morgan fingerprint density at radius 3 is 2.38 bits per heavy atom. The maximum Gasteiger partial charge on any atom is 0.417 e. The van der Waals surface area contributed by atoms with E-state index < -0.39 is 17.4 Å². The fourth-order valence-corrected chi connectivity index (χ4v) is 4.25. The summed E-state index contributed by atoms with van der Waals surface area (Å²) in [6.45, 7) is 2.26. The smallest absolute Gasteiger partial charge is 0.417 e. The molecule has 0 amide bonds. The van der Waals surface area contributed by atoms with Crippen LogP contribution < -0.4 is 26.2 Å². The Bertz CT molecular complexity index is 1630. The fraction of sp³-hybridized carbons (Fsp3) is 0.348. The topological polar surface area (TPSA) is 131 Å². The molecule has 4 aromatic rings. The van der Waals surface area contributed by atoms with Gasteiger partial charge in [0.05, 0.1) is 17.8 Å². The number of nitrogens with zero attached hydrogens (tertiary/aromatic N) is 7. The minimum absolute atomic E-state index is 0.213. The second-order valence-corrected chi connectivity index (χ2v) is 9.03. The minimum atomic E-state index is -4.42. The van der Waals surface area contributed by atoms with E-state index in [1.54, 1.807) is 16.8 Å². The van der Waals surface area contributed by atoms with Crippen LogP contribution in [0.2, 0.25) is 0 Å². The van der Waals surface area contributed by atoms with Crippen LogP contribution in [0.3, 0.4) is 0 Å². The van der Waals surface area contributed by atoms with Gasteiger partial charge in [-0.25, -0.2) is 14.8 Å². The molecule has 2 aliphatic rings. The van der Waals surface area contributed by atoms with Crippen LogP contribution in [0.5, 0.6) is 5.88 Å². The van der Waals surface area contributed by atoms with Gasteiger partial charge in [0, 0.05) is 43.7 Å². The molecule has 192 valence electrons. The van der Waals surface area contributed by atoms with E-state index >= 15 is 0 Å². The van der Waals surface area contributed by atoms with Crippen molar-refractivity contribution in [3.8, 4) is 5.88 Å². The molecule has 0 atom stereocenters. The number of fused-ring (bicyclic) bond motifs is 1. The number of hydrogen-bond donors (Lipinski definition) is 3. The first kappa shape index (κ1) is 23.1. The number of aromatic amines is 2. The first-order valence-electron chi connectivity index (χ1n) is 11.7. The monoisotopic (exact) mass is 513 g/mol. The van der Waals surface area contributed by atoms with Crippen molar-refractivity contribution < 1.29 is 18.3 Å². The molecule has 1 aliphatic carbocycles. The van der Waals surface area contributed by atoms with Crippen LogP contribution >= 0.6 is 0 Å². The number of imidazole rings is 1. The van der Waals surface area contributed by atoms with Crippen LogP contribution in [-0.2, 0) is 6.18 Å². The lowest BCUT2D eigenvalue weighted by Crippen LogP contribution is -2.47. The van der Waals surface area contributed by atoms with E-state index in [2.05, 4.69) is 25.0 Å². The molecular weight excluding hydrogens is 491 g/mol. The third-order valence-corrected chi connectivity index (χ3v) is 6.37. The van der Waals surface area contributed by atoms with Crippen LogP contribution in [0.15, 0.2) is 40.4 Å². The summed E-state index contributed by atoms with van der Waals surface area (Å²) in [7, 11) is 0. The number of alkyl halides is 3. The number of H-pyrrole nitrogens is 2. The number of piperazine rings is 1. The molecule has 0 aromatic carbocycles. The molecule has 1 aliphatic heterocycles. The summed E-state index contributed by atoms with van der Waals surface area (Å²) in [6, 6.07) is 4.56. The highest BCUT2D eigenvalue weighted by Gasteiger charge is 2.31. The molecule has 14 heteroatoms. The van der Waals surface area contributed by atoms with E-state index in [1.165, 1.54) is 6.07 Å². The molecule has 2 fully saturated rings. The van der Waals surface area contributed by atoms with E-state index in [-0.39, 0.29) is 17.6 Å².